The Bertz CT molecular complexity index is 797. The molecule has 0 saturated carbocycles. The van der Waals surface area contributed by atoms with Crippen molar-refractivity contribution in [2.75, 3.05) is 26.9 Å². The first-order chi connectivity index (χ1) is 12.6. The molecule has 136 valence electrons. The van der Waals surface area contributed by atoms with Gasteiger partial charge in [-0.25, -0.2) is 8.78 Å². The summed E-state index contributed by atoms with van der Waals surface area (Å²) in [6.07, 6.45) is 0. The molecule has 1 amide bonds. The van der Waals surface area contributed by atoms with Crippen LogP contribution in [0, 0.1) is 23.5 Å². The van der Waals surface area contributed by atoms with Gasteiger partial charge in [0.15, 0.2) is 18.2 Å². The first-order valence-electron chi connectivity index (χ1n) is 7.65. The molecule has 0 aliphatic heterocycles. The third kappa shape index (κ3) is 6.32. The summed E-state index contributed by atoms with van der Waals surface area (Å²) in [5, 5.41) is 2.55. The molecule has 0 atom stereocenters. The number of benzene rings is 2. The molecule has 0 spiro atoms. The van der Waals surface area contributed by atoms with Gasteiger partial charge in [-0.05, 0) is 36.4 Å². The molecular formula is C19H17F2NO4. The third-order valence-electron chi connectivity index (χ3n) is 3.12. The van der Waals surface area contributed by atoms with Crippen LogP contribution in [0.2, 0.25) is 0 Å². The minimum absolute atomic E-state index is 0.0826. The van der Waals surface area contributed by atoms with Crippen LogP contribution in [-0.2, 0) is 4.79 Å². The normalized spacial score (nSPS) is 9.65. The fourth-order valence-electron chi connectivity index (χ4n) is 1.83. The van der Waals surface area contributed by atoms with Crippen LogP contribution in [0.3, 0.4) is 0 Å². The van der Waals surface area contributed by atoms with E-state index in [1.54, 1.807) is 31.4 Å². The molecule has 0 aliphatic carbocycles. The highest BCUT2D eigenvalue weighted by atomic mass is 19.1. The molecule has 2 aromatic carbocycles. The first kappa shape index (κ1) is 19.1. The van der Waals surface area contributed by atoms with Crippen molar-refractivity contribution in [1.29, 1.82) is 0 Å². The Morgan fingerprint density at radius 3 is 2.46 bits per heavy atom. The van der Waals surface area contributed by atoms with Crippen molar-refractivity contribution < 1.29 is 27.8 Å². The van der Waals surface area contributed by atoms with Crippen molar-refractivity contribution in [3.8, 4) is 29.1 Å². The molecule has 0 heterocycles. The van der Waals surface area contributed by atoms with Crippen LogP contribution in [0.4, 0.5) is 8.78 Å². The largest absolute Gasteiger partial charge is 0.497 e. The van der Waals surface area contributed by atoms with Crippen LogP contribution in [0.1, 0.15) is 0 Å². The molecule has 0 radical (unpaired) electrons. The number of carbonyl (C=O) groups excluding carboxylic acids is 1. The van der Waals surface area contributed by atoms with Gasteiger partial charge < -0.3 is 19.5 Å². The lowest BCUT2D eigenvalue weighted by atomic mass is 10.3. The molecule has 1 N–H and O–H groups in total. The van der Waals surface area contributed by atoms with E-state index in [1.165, 1.54) is 6.07 Å². The van der Waals surface area contributed by atoms with Crippen molar-refractivity contribution >= 4 is 5.91 Å². The lowest BCUT2D eigenvalue weighted by Gasteiger charge is -2.06. The smallest absolute Gasteiger partial charge is 0.258 e. The van der Waals surface area contributed by atoms with E-state index in [-0.39, 0.29) is 31.4 Å². The molecule has 2 rings (SSSR count). The van der Waals surface area contributed by atoms with Crippen LogP contribution >= 0.6 is 0 Å². The fourth-order valence-corrected chi connectivity index (χ4v) is 1.83. The number of hydrogen-bond acceptors (Lipinski definition) is 4. The highest BCUT2D eigenvalue weighted by Crippen LogP contribution is 2.17. The number of carbonyl (C=O) groups is 1. The van der Waals surface area contributed by atoms with E-state index in [4.69, 9.17) is 14.2 Å². The second kappa shape index (κ2) is 9.89. The van der Waals surface area contributed by atoms with E-state index in [9.17, 15) is 13.6 Å². The summed E-state index contributed by atoms with van der Waals surface area (Å²) in [5.74, 6) is 4.61. The van der Waals surface area contributed by atoms with E-state index in [2.05, 4.69) is 17.2 Å². The monoisotopic (exact) mass is 361 g/mol. The highest BCUT2D eigenvalue weighted by Gasteiger charge is 2.04. The molecule has 0 unspecified atom stereocenters. The molecule has 0 aliphatic rings. The van der Waals surface area contributed by atoms with Gasteiger partial charge in [-0.3, -0.25) is 4.79 Å². The number of ether oxygens (including phenoxy) is 3. The summed E-state index contributed by atoms with van der Waals surface area (Å²) in [5.41, 5.74) is 0. The quantitative estimate of drug-likeness (QED) is 0.770. The van der Waals surface area contributed by atoms with Crippen LogP contribution in [0.25, 0.3) is 0 Å². The SMILES string of the molecule is COc1ccc(OCC(=O)NCC#CCOc2ccc(F)cc2F)cc1. The van der Waals surface area contributed by atoms with Crippen molar-refractivity contribution in [3.05, 3.63) is 54.1 Å². The van der Waals surface area contributed by atoms with Gasteiger partial charge in [0, 0.05) is 6.07 Å². The maximum Gasteiger partial charge on any atom is 0.258 e. The second-order valence-corrected chi connectivity index (χ2v) is 4.96. The summed E-state index contributed by atoms with van der Waals surface area (Å²) in [7, 11) is 1.56. The minimum Gasteiger partial charge on any atom is -0.497 e. The average molecular weight is 361 g/mol. The van der Waals surface area contributed by atoms with Crippen molar-refractivity contribution in [2.24, 2.45) is 0 Å². The molecule has 26 heavy (non-hydrogen) atoms. The lowest BCUT2D eigenvalue weighted by Crippen LogP contribution is -2.29. The Hall–Kier alpha value is -3.27. The van der Waals surface area contributed by atoms with Gasteiger partial charge in [-0.15, -0.1) is 0 Å². The fraction of sp³-hybridized carbons (Fsp3) is 0.211. The van der Waals surface area contributed by atoms with Crippen LogP contribution in [0.15, 0.2) is 42.5 Å². The van der Waals surface area contributed by atoms with Gasteiger partial charge in [0.1, 0.15) is 23.9 Å². The predicted molar refractivity (Wildman–Crippen MR) is 91.1 cm³/mol. The number of hydrogen-bond donors (Lipinski definition) is 1. The van der Waals surface area contributed by atoms with Crippen molar-refractivity contribution in [1.82, 2.24) is 5.32 Å². The van der Waals surface area contributed by atoms with E-state index in [1.807, 2.05) is 0 Å². The Morgan fingerprint density at radius 1 is 1.04 bits per heavy atom. The molecule has 0 aromatic heterocycles. The Balaban J connectivity index is 1.64. The van der Waals surface area contributed by atoms with Crippen molar-refractivity contribution in [3.63, 3.8) is 0 Å². The van der Waals surface area contributed by atoms with Crippen LogP contribution in [-0.4, -0.2) is 32.8 Å². The van der Waals surface area contributed by atoms with E-state index < -0.39 is 11.6 Å². The summed E-state index contributed by atoms with van der Waals surface area (Å²) < 4.78 is 41.4. The van der Waals surface area contributed by atoms with Gasteiger partial charge in [0.25, 0.3) is 5.91 Å². The predicted octanol–water partition coefficient (Wildman–Crippen LogP) is 2.55. The Labute approximate surface area is 149 Å². The minimum atomic E-state index is -0.796. The zero-order chi connectivity index (χ0) is 18.8. The zero-order valence-electron chi connectivity index (χ0n) is 14.1. The zero-order valence-corrected chi connectivity index (χ0v) is 14.1. The van der Waals surface area contributed by atoms with Crippen molar-refractivity contribution in [2.45, 2.75) is 0 Å². The van der Waals surface area contributed by atoms with Gasteiger partial charge >= 0.3 is 0 Å². The van der Waals surface area contributed by atoms with Gasteiger partial charge in [-0.2, -0.15) is 0 Å². The van der Waals surface area contributed by atoms with Gasteiger partial charge in [-0.1, -0.05) is 11.8 Å². The number of halogens is 2. The number of rotatable bonds is 7. The van der Waals surface area contributed by atoms with E-state index >= 15 is 0 Å². The molecule has 0 saturated heterocycles. The summed E-state index contributed by atoms with van der Waals surface area (Å²) >= 11 is 0. The van der Waals surface area contributed by atoms with Crippen LogP contribution < -0.4 is 19.5 Å². The average Bonchev–Trinajstić information content (AvgIpc) is 2.64. The number of amides is 1. The molecule has 0 fully saturated rings. The first-order valence-corrected chi connectivity index (χ1v) is 7.65. The lowest BCUT2D eigenvalue weighted by molar-refractivity contribution is -0.122. The molecular weight excluding hydrogens is 344 g/mol. The Morgan fingerprint density at radius 2 is 1.77 bits per heavy atom. The van der Waals surface area contributed by atoms with Crippen LogP contribution in [0.5, 0.6) is 17.2 Å². The third-order valence-corrected chi connectivity index (χ3v) is 3.12. The maximum absolute atomic E-state index is 13.3. The van der Waals surface area contributed by atoms with E-state index in [0.29, 0.717) is 11.5 Å². The standard InChI is InChI=1S/C19H17F2NO4/c1-24-15-5-7-16(8-6-15)26-13-19(23)22-10-2-3-11-25-18-9-4-14(20)12-17(18)21/h4-9,12H,10-11,13H2,1H3,(H,22,23). The molecule has 5 nitrogen and oxygen atoms in total. The van der Waals surface area contributed by atoms with Gasteiger partial charge in [0.05, 0.1) is 13.7 Å². The number of methoxy groups -OCH3 is 1. The topological polar surface area (TPSA) is 56.8 Å². The molecule has 0 bridgehead atoms. The Kier molecular flexibility index (Phi) is 7.25. The van der Waals surface area contributed by atoms with Gasteiger partial charge in [0.2, 0.25) is 0 Å². The summed E-state index contributed by atoms with van der Waals surface area (Å²) in [6, 6.07) is 9.84. The summed E-state index contributed by atoms with van der Waals surface area (Å²) in [4.78, 5) is 11.6. The molecule has 2 aromatic rings. The number of nitrogens with one attached hydrogen (secondary N) is 1. The van der Waals surface area contributed by atoms with E-state index in [0.717, 1.165) is 12.1 Å². The highest BCUT2D eigenvalue weighted by molar-refractivity contribution is 5.77. The maximum atomic E-state index is 13.3. The molecule has 7 heteroatoms. The second-order valence-electron chi connectivity index (χ2n) is 4.96. The summed E-state index contributed by atoms with van der Waals surface area (Å²) in [6.45, 7) is -0.133.